The van der Waals surface area contributed by atoms with E-state index in [1.807, 2.05) is 0 Å². The molecular weight excluding hydrogens is 293 g/mol. The summed E-state index contributed by atoms with van der Waals surface area (Å²) in [7, 11) is 0. The summed E-state index contributed by atoms with van der Waals surface area (Å²) in [5.41, 5.74) is -1.30. The van der Waals surface area contributed by atoms with Gasteiger partial charge in [0.2, 0.25) is 5.15 Å². The summed E-state index contributed by atoms with van der Waals surface area (Å²) in [6, 6.07) is 2.79. The lowest BCUT2D eigenvalue weighted by molar-refractivity contribution is -0.384. The summed E-state index contributed by atoms with van der Waals surface area (Å²) in [4.78, 5) is 28.1. The topological polar surface area (TPSA) is 106 Å². The molecule has 1 N–H and O–H groups in total. The molecule has 0 aliphatic carbocycles. The molecule has 0 atom stereocenters. The molecule has 7 nitrogen and oxygen atoms in total. The van der Waals surface area contributed by atoms with Gasteiger partial charge in [-0.1, -0.05) is 11.6 Å². The molecule has 9 heteroatoms. The van der Waals surface area contributed by atoms with E-state index < -0.39 is 27.6 Å². The van der Waals surface area contributed by atoms with E-state index >= 15 is 0 Å². The fraction of sp³-hybridized carbons (Fsp3) is 0. The van der Waals surface area contributed by atoms with Crippen LogP contribution in [0.3, 0.4) is 0 Å². The second kappa shape index (κ2) is 5.17. The van der Waals surface area contributed by atoms with Crippen molar-refractivity contribution >= 4 is 23.3 Å². The molecule has 0 saturated heterocycles. The van der Waals surface area contributed by atoms with Crippen LogP contribution >= 0.6 is 11.6 Å². The van der Waals surface area contributed by atoms with Gasteiger partial charge in [-0.25, -0.2) is 19.2 Å². The van der Waals surface area contributed by atoms with Crippen molar-refractivity contribution < 1.29 is 19.2 Å². The maximum atomic E-state index is 13.4. The van der Waals surface area contributed by atoms with E-state index in [0.717, 1.165) is 24.5 Å². The number of halogens is 2. The van der Waals surface area contributed by atoms with Crippen LogP contribution < -0.4 is 0 Å². The number of rotatable bonds is 3. The molecule has 0 bridgehead atoms. The number of nitrogens with zero attached hydrogens (tertiary/aromatic N) is 3. The number of aromatic carboxylic acids is 1. The molecule has 0 aliphatic rings. The quantitative estimate of drug-likeness (QED) is 0.530. The van der Waals surface area contributed by atoms with Crippen LogP contribution in [0.25, 0.3) is 11.3 Å². The Morgan fingerprint density at radius 2 is 2.05 bits per heavy atom. The molecule has 0 aliphatic heterocycles. The molecule has 20 heavy (non-hydrogen) atoms. The van der Waals surface area contributed by atoms with Crippen molar-refractivity contribution in [3.05, 3.63) is 51.2 Å². The van der Waals surface area contributed by atoms with Crippen LogP contribution in [-0.4, -0.2) is 26.0 Å². The van der Waals surface area contributed by atoms with Gasteiger partial charge in [0.05, 0.1) is 10.5 Å². The first-order valence-electron chi connectivity index (χ1n) is 5.09. The van der Waals surface area contributed by atoms with Crippen molar-refractivity contribution in [2.24, 2.45) is 0 Å². The maximum absolute atomic E-state index is 13.4. The van der Waals surface area contributed by atoms with Crippen LogP contribution in [0.1, 0.15) is 10.4 Å². The first kappa shape index (κ1) is 13.8. The Morgan fingerprint density at radius 3 is 2.65 bits per heavy atom. The minimum absolute atomic E-state index is 0.0709. The third-order valence-corrected chi connectivity index (χ3v) is 2.65. The van der Waals surface area contributed by atoms with Gasteiger partial charge in [-0.15, -0.1) is 0 Å². The minimum atomic E-state index is -1.37. The summed E-state index contributed by atoms with van der Waals surface area (Å²) >= 11 is 5.61. The molecule has 0 unspecified atom stereocenters. The SMILES string of the molecule is O=C(O)c1cc(F)cc(-c2ncnc(Cl)c2[N+](=O)[O-])c1. The second-order valence-corrected chi connectivity index (χ2v) is 4.01. The lowest BCUT2D eigenvalue weighted by Gasteiger charge is -2.04. The molecule has 1 heterocycles. The smallest absolute Gasteiger partial charge is 0.335 e. The van der Waals surface area contributed by atoms with Gasteiger partial charge in [0.1, 0.15) is 12.1 Å². The van der Waals surface area contributed by atoms with Gasteiger partial charge in [0.15, 0.2) is 5.69 Å². The lowest BCUT2D eigenvalue weighted by atomic mass is 10.1. The highest BCUT2D eigenvalue weighted by atomic mass is 35.5. The third-order valence-electron chi connectivity index (χ3n) is 2.38. The van der Waals surface area contributed by atoms with Crippen LogP contribution in [0.15, 0.2) is 24.5 Å². The first-order chi connectivity index (χ1) is 9.40. The van der Waals surface area contributed by atoms with Crippen LogP contribution in [0.4, 0.5) is 10.1 Å². The molecule has 0 fully saturated rings. The predicted octanol–water partition coefficient (Wildman–Crippen LogP) is 2.54. The number of nitro groups is 1. The average molecular weight is 298 g/mol. The van der Waals surface area contributed by atoms with Crippen LogP contribution in [0.2, 0.25) is 5.15 Å². The van der Waals surface area contributed by atoms with Crippen LogP contribution in [-0.2, 0) is 0 Å². The van der Waals surface area contributed by atoms with E-state index in [2.05, 4.69) is 9.97 Å². The Morgan fingerprint density at radius 1 is 1.35 bits per heavy atom. The van der Waals surface area contributed by atoms with E-state index in [4.69, 9.17) is 16.7 Å². The molecule has 2 aromatic rings. The Kier molecular flexibility index (Phi) is 3.57. The van der Waals surface area contributed by atoms with Gasteiger partial charge in [-0.2, -0.15) is 0 Å². The molecule has 1 aromatic heterocycles. The highest BCUT2D eigenvalue weighted by molar-refractivity contribution is 6.31. The first-order valence-corrected chi connectivity index (χ1v) is 5.47. The predicted molar refractivity (Wildman–Crippen MR) is 66.0 cm³/mol. The van der Waals surface area contributed by atoms with Gasteiger partial charge >= 0.3 is 11.7 Å². The highest BCUT2D eigenvalue weighted by Gasteiger charge is 2.23. The molecule has 0 spiro atoms. The van der Waals surface area contributed by atoms with Crippen molar-refractivity contribution in [2.45, 2.75) is 0 Å². The molecule has 1 aromatic carbocycles. The van der Waals surface area contributed by atoms with Crippen LogP contribution in [0, 0.1) is 15.9 Å². The van der Waals surface area contributed by atoms with Gasteiger partial charge in [0.25, 0.3) is 0 Å². The average Bonchev–Trinajstić information content (AvgIpc) is 2.37. The van der Waals surface area contributed by atoms with Crippen molar-refractivity contribution in [1.29, 1.82) is 0 Å². The number of aromatic nitrogens is 2. The fourth-order valence-electron chi connectivity index (χ4n) is 1.58. The standard InChI is InChI=1S/C11H5ClFN3O4/c12-10-9(16(19)20)8(14-4-15-10)5-1-6(11(17)18)3-7(13)2-5/h1-4H,(H,17,18). The zero-order valence-electron chi connectivity index (χ0n) is 9.58. The van der Waals surface area contributed by atoms with Gasteiger partial charge in [-0.3, -0.25) is 10.1 Å². The van der Waals surface area contributed by atoms with Crippen molar-refractivity contribution in [3.8, 4) is 11.3 Å². The van der Waals surface area contributed by atoms with Gasteiger partial charge in [0, 0.05) is 5.56 Å². The largest absolute Gasteiger partial charge is 0.478 e. The Bertz CT molecular complexity index is 723. The Balaban J connectivity index is 2.72. The second-order valence-electron chi connectivity index (χ2n) is 3.65. The summed E-state index contributed by atoms with van der Waals surface area (Å²) < 4.78 is 13.4. The zero-order chi connectivity index (χ0) is 14.9. The monoisotopic (exact) mass is 297 g/mol. The summed E-state index contributed by atoms with van der Waals surface area (Å²) in [5.74, 6) is -2.22. The number of carbonyl (C=O) groups is 1. The normalized spacial score (nSPS) is 10.3. The Labute approximate surface area is 115 Å². The van der Waals surface area contributed by atoms with E-state index in [9.17, 15) is 19.3 Å². The molecule has 2 rings (SSSR count). The van der Waals surface area contributed by atoms with E-state index in [-0.39, 0.29) is 16.8 Å². The molecule has 0 amide bonds. The third kappa shape index (κ3) is 2.54. The number of carboxylic acid groups (broad SMARTS) is 1. The molecular formula is C11H5ClFN3O4. The molecule has 102 valence electrons. The fourth-order valence-corrected chi connectivity index (χ4v) is 1.78. The number of carboxylic acids is 1. The number of hydrogen-bond acceptors (Lipinski definition) is 5. The van der Waals surface area contributed by atoms with Crippen molar-refractivity contribution in [1.82, 2.24) is 9.97 Å². The number of hydrogen-bond donors (Lipinski definition) is 1. The molecule has 0 radical (unpaired) electrons. The minimum Gasteiger partial charge on any atom is -0.478 e. The maximum Gasteiger partial charge on any atom is 0.335 e. The van der Waals surface area contributed by atoms with E-state index in [1.165, 1.54) is 0 Å². The van der Waals surface area contributed by atoms with Crippen molar-refractivity contribution in [2.75, 3.05) is 0 Å². The van der Waals surface area contributed by atoms with Crippen LogP contribution in [0.5, 0.6) is 0 Å². The van der Waals surface area contributed by atoms with Gasteiger partial charge in [-0.05, 0) is 18.2 Å². The summed E-state index contributed by atoms with van der Waals surface area (Å²) in [5, 5.41) is 19.4. The van der Waals surface area contributed by atoms with Crippen molar-refractivity contribution in [3.63, 3.8) is 0 Å². The summed E-state index contributed by atoms with van der Waals surface area (Å²) in [6.07, 6.45) is 0.968. The Hall–Kier alpha value is -2.61. The van der Waals surface area contributed by atoms with E-state index in [0.29, 0.717) is 0 Å². The lowest BCUT2D eigenvalue weighted by Crippen LogP contribution is -2.01. The van der Waals surface area contributed by atoms with E-state index in [1.54, 1.807) is 0 Å². The summed E-state index contributed by atoms with van der Waals surface area (Å²) in [6.45, 7) is 0. The highest BCUT2D eigenvalue weighted by Crippen LogP contribution is 2.33. The molecule has 0 saturated carbocycles. The number of benzene rings is 1. The zero-order valence-corrected chi connectivity index (χ0v) is 10.3. The van der Waals surface area contributed by atoms with Gasteiger partial charge < -0.3 is 5.11 Å².